The van der Waals surface area contributed by atoms with Crippen LogP contribution in [0.3, 0.4) is 0 Å². The predicted octanol–water partition coefficient (Wildman–Crippen LogP) is 1.26. The third-order valence-corrected chi connectivity index (χ3v) is 2.99. The van der Waals surface area contributed by atoms with Gasteiger partial charge >= 0.3 is 0 Å². The highest BCUT2D eigenvalue weighted by Crippen LogP contribution is 2.20. The van der Waals surface area contributed by atoms with Crippen molar-refractivity contribution >= 4 is 21.0 Å². The lowest BCUT2D eigenvalue weighted by molar-refractivity contribution is 0.595. The lowest BCUT2D eigenvalue weighted by Gasteiger charge is -1.96. The topological polar surface area (TPSA) is 73.3 Å². The van der Waals surface area contributed by atoms with Crippen molar-refractivity contribution in [3.8, 4) is 0 Å². The molecule has 5 heteroatoms. The molecule has 0 saturated heterocycles. The summed E-state index contributed by atoms with van der Waals surface area (Å²) in [6.07, 6.45) is 1.96. The summed E-state index contributed by atoms with van der Waals surface area (Å²) >= 11 is 0. The van der Waals surface area contributed by atoms with Gasteiger partial charge in [0.25, 0.3) is 0 Å². The molecule has 0 spiro atoms. The molecule has 0 aliphatic heterocycles. The van der Waals surface area contributed by atoms with Crippen LogP contribution in [0.4, 0.5) is 0 Å². The first-order valence-electron chi connectivity index (χ1n) is 4.52. The zero-order chi connectivity index (χ0) is 10.9. The summed E-state index contributed by atoms with van der Waals surface area (Å²) in [5.41, 5.74) is 1.64. The van der Waals surface area contributed by atoms with E-state index >= 15 is 0 Å². The van der Waals surface area contributed by atoms with Gasteiger partial charge in [-0.25, -0.2) is 13.6 Å². The Morgan fingerprint density at radius 2 is 2.00 bits per heavy atom. The fraction of sp³-hybridized carbons (Fsp3) is 0.200. The maximum absolute atomic E-state index is 10.8. The van der Waals surface area contributed by atoms with E-state index in [-0.39, 0.29) is 5.75 Å². The number of fused-ring (bicyclic) bond motifs is 1. The van der Waals surface area contributed by atoms with Crippen LogP contribution in [0.25, 0.3) is 11.0 Å². The molecule has 4 nitrogen and oxygen atoms in total. The molecule has 0 saturated carbocycles. The van der Waals surface area contributed by atoms with Crippen LogP contribution in [0.2, 0.25) is 0 Å². The van der Waals surface area contributed by atoms with E-state index < -0.39 is 10.0 Å². The summed E-state index contributed by atoms with van der Waals surface area (Å²) in [5.74, 6) is -0.0590. The number of furan rings is 1. The molecular formula is C10H11NO3S. The van der Waals surface area contributed by atoms with Crippen molar-refractivity contribution in [3.63, 3.8) is 0 Å². The summed E-state index contributed by atoms with van der Waals surface area (Å²) in [5, 5.41) is 5.88. The van der Waals surface area contributed by atoms with E-state index in [2.05, 4.69) is 0 Å². The number of benzene rings is 1. The van der Waals surface area contributed by atoms with Crippen LogP contribution in [0, 0.1) is 0 Å². The molecule has 2 N–H and O–H groups in total. The third-order valence-electron chi connectivity index (χ3n) is 2.22. The van der Waals surface area contributed by atoms with Crippen molar-refractivity contribution in [2.24, 2.45) is 5.14 Å². The van der Waals surface area contributed by atoms with E-state index in [0.29, 0.717) is 6.42 Å². The van der Waals surface area contributed by atoms with Crippen LogP contribution in [0.1, 0.15) is 5.56 Å². The number of aryl methyl sites for hydroxylation is 1. The normalized spacial score (nSPS) is 12.1. The highest BCUT2D eigenvalue weighted by molar-refractivity contribution is 7.89. The molecule has 0 fully saturated rings. The van der Waals surface area contributed by atoms with Gasteiger partial charge in [0.2, 0.25) is 10.0 Å². The Balaban J connectivity index is 2.29. The zero-order valence-electron chi connectivity index (χ0n) is 8.01. The number of hydrogen-bond acceptors (Lipinski definition) is 3. The minimum atomic E-state index is -3.41. The van der Waals surface area contributed by atoms with Gasteiger partial charge in [0.15, 0.2) is 0 Å². The van der Waals surface area contributed by atoms with Gasteiger partial charge in [0.1, 0.15) is 5.58 Å². The molecule has 0 amide bonds. The van der Waals surface area contributed by atoms with Crippen molar-refractivity contribution in [1.82, 2.24) is 0 Å². The maximum Gasteiger partial charge on any atom is 0.209 e. The molecule has 0 unspecified atom stereocenters. The van der Waals surface area contributed by atoms with Gasteiger partial charge in [0.05, 0.1) is 12.0 Å². The summed E-state index contributed by atoms with van der Waals surface area (Å²) in [7, 11) is -3.41. The molecule has 2 rings (SSSR count). The van der Waals surface area contributed by atoms with E-state index in [4.69, 9.17) is 9.56 Å². The Morgan fingerprint density at radius 1 is 1.27 bits per heavy atom. The van der Waals surface area contributed by atoms with Gasteiger partial charge in [-0.2, -0.15) is 0 Å². The molecule has 15 heavy (non-hydrogen) atoms. The van der Waals surface area contributed by atoms with Crippen molar-refractivity contribution in [3.05, 3.63) is 36.1 Å². The fourth-order valence-electron chi connectivity index (χ4n) is 1.48. The molecule has 1 aromatic heterocycles. The number of sulfonamides is 1. The molecule has 80 valence electrons. The van der Waals surface area contributed by atoms with E-state index in [1.54, 1.807) is 6.26 Å². The van der Waals surface area contributed by atoms with E-state index in [0.717, 1.165) is 16.5 Å². The first kappa shape index (κ1) is 10.2. The zero-order valence-corrected chi connectivity index (χ0v) is 8.83. The quantitative estimate of drug-likeness (QED) is 0.854. The van der Waals surface area contributed by atoms with Crippen molar-refractivity contribution < 1.29 is 12.8 Å². The summed E-state index contributed by atoms with van der Waals surface area (Å²) < 4.78 is 26.9. The fourth-order valence-corrected chi connectivity index (χ4v) is 1.98. The Labute approximate surface area is 87.7 Å². The Kier molecular flexibility index (Phi) is 2.50. The van der Waals surface area contributed by atoms with Gasteiger partial charge in [-0.15, -0.1) is 0 Å². The van der Waals surface area contributed by atoms with Crippen molar-refractivity contribution in [2.45, 2.75) is 6.42 Å². The van der Waals surface area contributed by atoms with Crippen LogP contribution < -0.4 is 5.14 Å². The molecular weight excluding hydrogens is 214 g/mol. The van der Waals surface area contributed by atoms with Crippen molar-refractivity contribution in [2.75, 3.05) is 5.75 Å². The first-order chi connectivity index (χ1) is 7.06. The van der Waals surface area contributed by atoms with Crippen LogP contribution >= 0.6 is 0 Å². The van der Waals surface area contributed by atoms with Gasteiger partial charge in [-0.1, -0.05) is 18.2 Å². The maximum atomic E-state index is 10.8. The van der Waals surface area contributed by atoms with E-state index in [9.17, 15) is 8.42 Å². The molecule has 0 aliphatic carbocycles. The van der Waals surface area contributed by atoms with E-state index in [1.807, 2.05) is 24.3 Å². The second kappa shape index (κ2) is 3.67. The molecule has 0 bridgehead atoms. The van der Waals surface area contributed by atoms with E-state index in [1.165, 1.54) is 0 Å². The average molecular weight is 225 g/mol. The average Bonchev–Trinajstić information content (AvgIpc) is 2.57. The summed E-state index contributed by atoms with van der Waals surface area (Å²) in [6, 6.07) is 7.50. The Morgan fingerprint density at radius 3 is 2.73 bits per heavy atom. The molecule has 0 atom stereocenters. The van der Waals surface area contributed by atoms with Gasteiger partial charge in [-0.3, -0.25) is 0 Å². The number of primary sulfonamides is 1. The molecule has 1 aromatic carbocycles. The lowest BCUT2D eigenvalue weighted by atomic mass is 10.1. The van der Waals surface area contributed by atoms with Crippen LogP contribution in [-0.2, 0) is 16.4 Å². The van der Waals surface area contributed by atoms with Crippen molar-refractivity contribution in [1.29, 1.82) is 0 Å². The highest BCUT2D eigenvalue weighted by Gasteiger charge is 2.08. The summed E-state index contributed by atoms with van der Waals surface area (Å²) in [6.45, 7) is 0. The number of para-hydroxylation sites is 1. The SMILES string of the molecule is NS(=O)(=O)CCc1coc2ccccc12. The lowest BCUT2D eigenvalue weighted by Crippen LogP contribution is -2.17. The molecule has 0 aliphatic rings. The highest BCUT2D eigenvalue weighted by atomic mass is 32.2. The minimum Gasteiger partial charge on any atom is -0.464 e. The van der Waals surface area contributed by atoms with Crippen LogP contribution in [-0.4, -0.2) is 14.2 Å². The molecule has 0 radical (unpaired) electrons. The number of nitrogens with two attached hydrogens (primary N) is 1. The number of rotatable bonds is 3. The smallest absolute Gasteiger partial charge is 0.209 e. The third kappa shape index (κ3) is 2.37. The van der Waals surface area contributed by atoms with Crippen LogP contribution in [0.5, 0.6) is 0 Å². The Hall–Kier alpha value is -1.33. The standard InChI is InChI=1S/C10H11NO3S/c11-15(12,13)6-5-8-7-14-10-4-2-1-3-9(8)10/h1-4,7H,5-6H2,(H2,11,12,13). The second-order valence-electron chi connectivity index (χ2n) is 3.37. The van der Waals surface area contributed by atoms with Gasteiger partial charge in [0, 0.05) is 5.39 Å². The second-order valence-corrected chi connectivity index (χ2v) is 5.11. The molecule has 1 heterocycles. The van der Waals surface area contributed by atoms with Gasteiger partial charge < -0.3 is 4.42 Å². The monoisotopic (exact) mass is 225 g/mol. The number of hydrogen-bond donors (Lipinski definition) is 1. The largest absolute Gasteiger partial charge is 0.464 e. The minimum absolute atomic E-state index is 0.0590. The Bertz CT molecular complexity index is 571. The first-order valence-corrected chi connectivity index (χ1v) is 6.23. The van der Waals surface area contributed by atoms with Gasteiger partial charge in [-0.05, 0) is 18.1 Å². The summed E-state index contributed by atoms with van der Waals surface area (Å²) in [4.78, 5) is 0. The van der Waals surface area contributed by atoms with Crippen LogP contribution in [0.15, 0.2) is 34.9 Å². The predicted molar refractivity (Wildman–Crippen MR) is 57.9 cm³/mol. The molecule has 2 aromatic rings.